The van der Waals surface area contributed by atoms with Gasteiger partial charge in [0.2, 0.25) is 0 Å². The van der Waals surface area contributed by atoms with E-state index < -0.39 is 0 Å². The number of hydrogen-bond donors (Lipinski definition) is 0. The highest BCUT2D eigenvalue weighted by atomic mass is 14.0. The molecule has 0 bridgehead atoms. The van der Waals surface area contributed by atoms with Crippen LogP contribution in [0.4, 0.5) is 0 Å². The van der Waals surface area contributed by atoms with Crippen molar-refractivity contribution in [1.82, 2.24) is 0 Å². The van der Waals surface area contributed by atoms with Crippen LogP contribution in [0.25, 0.3) is 0 Å². The lowest BCUT2D eigenvalue weighted by Crippen LogP contribution is -1.82. The molecule has 0 atom stereocenters. The van der Waals surface area contributed by atoms with E-state index in [1.165, 1.54) is 83.5 Å². The van der Waals surface area contributed by atoms with E-state index in [0.717, 1.165) is 0 Å². The van der Waals surface area contributed by atoms with Gasteiger partial charge >= 0.3 is 1.43 Å². The molecule has 0 aliphatic carbocycles. The van der Waals surface area contributed by atoms with E-state index in [0.29, 0.717) is 0 Å². The summed E-state index contributed by atoms with van der Waals surface area (Å²) in [6.07, 6.45) is 18.9. The van der Waals surface area contributed by atoms with E-state index in [-0.39, 0.29) is 1.43 Å². The second-order valence-electron chi connectivity index (χ2n) is 4.89. The second-order valence-corrected chi connectivity index (χ2v) is 4.89. The highest BCUT2D eigenvalue weighted by Crippen LogP contribution is 2.12. The Morgan fingerprint density at radius 3 is 0.800 bits per heavy atom. The lowest BCUT2D eigenvalue weighted by Gasteiger charge is -2.01. The van der Waals surface area contributed by atoms with Crippen LogP contribution < -0.4 is 0 Å². The average molecular weight is 213 g/mol. The first-order valence-electron chi connectivity index (χ1n) is 7.41. The quantitative estimate of drug-likeness (QED) is 0.338. The largest absolute Gasteiger partial charge is 1.00 e. The summed E-state index contributed by atoms with van der Waals surface area (Å²) in [7, 11) is 0. The Hall–Kier alpha value is 0. The summed E-state index contributed by atoms with van der Waals surface area (Å²) >= 11 is 0. The van der Waals surface area contributed by atoms with Crippen molar-refractivity contribution in [3.05, 3.63) is 0 Å². The predicted molar refractivity (Wildman–Crippen MR) is 72.5 cm³/mol. The van der Waals surface area contributed by atoms with E-state index in [9.17, 15) is 0 Å². The maximum absolute atomic E-state index is 2.29. The van der Waals surface area contributed by atoms with Gasteiger partial charge in [-0.1, -0.05) is 97.3 Å². The van der Waals surface area contributed by atoms with Gasteiger partial charge < -0.3 is 0 Å². The van der Waals surface area contributed by atoms with Crippen molar-refractivity contribution in [3.8, 4) is 0 Å². The predicted octanol–water partition coefficient (Wildman–Crippen LogP) is 6.21. The van der Waals surface area contributed by atoms with Crippen molar-refractivity contribution < 1.29 is 1.43 Å². The molecule has 0 spiro atoms. The van der Waals surface area contributed by atoms with E-state index >= 15 is 0 Å². The average Bonchev–Trinajstić information content (AvgIpc) is 2.26. The molecule has 0 aliphatic rings. The van der Waals surface area contributed by atoms with Crippen LogP contribution in [-0.4, -0.2) is 0 Å². The molecule has 0 fully saturated rings. The van der Waals surface area contributed by atoms with Gasteiger partial charge in [0.15, 0.2) is 0 Å². The fourth-order valence-corrected chi connectivity index (χ4v) is 2.09. The Balaban J connectivity index is 0. The molecule has 0 aliphatic heterocycles. The molecule has 0 nitrogen and oxygen atoms in total. The van der Waals surface area contributed by atoms with Gasteiger partial charge in [0.05, 0.1) is 0 Å². The summed E-state index contributed by atoms with van der Waals surface area (Å²) in [5.41, 5.74) is 0. The Morgan fingerprint density at radius 1 is 0.400 bits per heavy atom. The Labute approximate surface area is 99.3 Å². The summed E-state index contributed by atoms with van der Waals surface area (Å²) in [6, 6.07) is 0. The molecular formula is C15H33+. The van der Waals surface area contributed by atoms with Crippen molar-refractivity contribution in [3.63, 3.8) is 0 Å². The van der Waals surface area contributed by atoms with Crippen molar-refractivity contribution in [1.29, 1.82) is 0 Å². The van der Waals surface area contributed by atoms with Crippen molar-refractivity contribution in [2.75, 3.05) is 0 Å². The normalized spacial score (nSPS) is 10.8. The van der Waals surface area contributed by atoms with Crippen LogP contribution in [0.3, 0.4) is 0 Å². The number of unbranched alkanes of at least 4 members (excludes halogenated alkanes) is 12. The molecule has 0 saturated carbocycles. The second kappa shape index (κ2) is 14.0. The minimum Gasteiger partial charge on any atom is -0.0654 e. The molecular weight excluding hydrogens is 180 g/mol. The molecule has 0 saturated heterocycles. The van der Waals surface area contributed by atoms with Gasteiger partial charge in [-0.15, -0.1) is 0 Å². The Morgan fingerprint density at radius 2 is 0.600 bits per heavy atom. The van der Waals surface area contributed by atoms with Crippen molar-refractivity contribution in [2.24, 2.45) is 0 Å². The first kappa shape index (κ1) is 15.0. The maximum atomic E-state index is 2.29. The molecule has 0 radical (unpaired) electrons. The molecule has 0 unspecified atom stereocenters. The molecule has 0 aromatic rings. The van der Waals surface area contributed by atoms with E-state index in [2.05, 4.69) is 13.8 Å². The zero-order valence-corrected chi connectivity index (χ0v) is 11.2. The van der Waals surface area contributed by atoms with Crippen molar-refractivity contribution >= 4 is 0 Å². The summed E-state index contributed by atoms with van der Waals surface area (Å²) in [6.45, 7) is 4.58. The topological polar surface area (TPSA) is 0 Å². The molecule has 15 heavy (non-hydrogen) atoms. The maximum Gasteiger partial charge on any atom is 1.00 e. The molecule has 92 valence electrons. The van der Waals surface area contributed by atoms with Crippen LogP contribution in [0.2, 0.25) is 0 Å². The van der Waals surface area contributed by atoms with E-state index in [1.54, 1.807) is 0 Å². The van der Waals surface area contributed by atoms with Gasteiger partial charge in [-0.05, 0) is 0 Å². The fraction of sp³-hybridized carbons (Fsp3) is 1.00. The van der Waals surface area contributed by atoms with Crippen LogP contribution >= 0.6 is 0 Å². The van der Waals surface area contributed by atoms with Crippen LogP contribution in [-0.2, 0) is 0 Å². The third-order valence-electron chi connectivity index (χ3n) is 3.21. The number of hydrogen-bond acceptors (Lipinski definition) is 0. The third-order valence-corrected chi connectivity index (χ3v) is 3.21. The minimum atomic E-state index is 0. The molecule has 0 aromatic carbocycles. The Bertz CT molecular complexity index is 89.6. The molecule has 0 aromatic heterocycles. The van der Waals surface area contributed by atoms with E-state index in [4.69, 9.17) is 0 Å². The van der Waals surface area contributed by atoms with Crippen LogP contribution in [0.1, 0.15) is 98.7 Å². The first-order chi connectivity index (χ1) is 7.41. The first-order valence-corrected chi connectivity index (χ1v) is 7.41. The highest BCUT2D eigenvalue weighted by Gasteiger charge is 1.92. The van der Waals surface area contributed by atoms with Crippen molar-refractivity contribution in [2.45, 2.75) is 97.3 Å². The van der Waals surface area contributed by atoms with Gasteiger partial charge in [-0.2, -0.15) is 0 Å². The Kier molecular flexibility index (Phi) is 14.0. The lowest BCUT2D eigenvalue weighted by molar-refractivity contribution is 0.542. The third kappa shape index (κ3) is 14.0. The summed E-state index contributed by atoms with van der Waals surface area (Å²) in [5.74, 6) is 0. The molecule has 0 heterocycles. The van der Waals surface area contributed by atoms with Crippen LogP contribution in [0.15, 0.2) is 0 Å². The van der Waals surface area contributed by atoms with E-state index in [1.807, 2.05) is 0 Å². The van der Waals surface area contributed by atoms with Crippen LogP contribution in [0.5, 0.6) is 0 Å². The van der Waals surface area contributed by atoms with Crippen LogP contribution in [0, 0.1) is 0 Å². The molecule has 0 rings (SSSR count). The summed E-state index contributed by atoms with van der Waals surface area (Å²) < 4.78 is 0. The number of rotatable bonds is 12. The van der Waals surface area contributed by atoms with Gasteiger partial charge in [-0.25, -0.2) is 0 Å². The highest BCUT2D eigenvalue weighted by molar-refractivity contribution is 4.47. The fourth-order valence-electron chi connectivity index (χ4n) is 2.09. The zero-order chi connectivity index (χ0) is 11.2. The zero-order valence-electron chi connectivity index (χ0n) is 12.2. The molecule has 0 heteroatoms. The summed E-state index contributed by atoms with van der Waals surface area (Å²) in [5, 5.41) is 0. The van der Waals surface area contributed by atoms with Gasteiger partial charge in [0.1, 0.15) is 0 Å². The van der Waals surface area contributed by atoms with Gasteiger partial charge in [0.25, 0.3) is 0 Å². The van der Waals surface area contributed by atoms with Gasteiger partial charge in [0, 0.05) is 0 Å². The monoisotopic (exact) mass is 213 g/mol. The smallest absolute Gasteiger partial charge is 0.0654 e. The SMILES string of the molecule is CCCCCCCCCCCCCCC.[H+]. The summed E-state index contributed by atoms with van der Waals surface area (Å²) in [4.78, 5) is 0. The lowest BCUT2D eigenvalue weighted by atomic mass is 10.1. The minimum absolute atomic E-state index is 0. The van der Waals surface area contributed by atoms with Gasteiger partial charge in [-0.3, -0.25) is 0 Å². The molecule has 0 N–H and O–H groups in total. The standard InChI is InChI=1S/C15H32/c1-3-5-7-9-11-13-15-14-12-10-8-6-4-2/h3-15H2,1-2H3/p+1. The molecule has 0 amide bonds.